The lowest BCUT2D eigenvalue weighted by molar-refractivity contribution is 0.252. The number of nitrogens with one attached hydrogen (secondary N) is 4. The van der Waals surface area contributed by atoms with E-state index in [1.807, 2.05) is 50.2 Å². The van der Waals surface area contributed by atoms with E-state index < -0.39 is 0 Å². The average molecular weight is 407 g/mol. The van der Waals surface area contributed by atoms with E-state index in [0.29, 0.717) is 42.8 Å². The van der Waals surface area contributed by atoms with Crippen LogP contribution in [-0.4, -0.2) is 40.9 Å². The molecule has 2 heterocycles. The summed E-state index contributed by atoms with van der Waals surface area (Å²) in [6, 6.07) is 14.4. The van der Waals surface area contributed by atoms with E-state index in [-0.39, 0.29) is 6.03 Å². The average Bonchev–Trinajstić information content (AvgIpc) is 2.74. The molecule has 0 atom stereocenters. The van der Waals surface area contributed by atoms with Gasteiger partial charge in [-0.3, -0.25) is 0 Å². The fourth-order valence-corrected chi connectivity index (χ4v) is 2.57. The monoisotopic (exact) mass is 407 g/mol. The second-order valence-corrected chi connectivity index (χ2v) is 6.41. The smallest absolute Gasteiger partial charge is 0.319 e. The quantitative estimate of drug-likeness (QED) is 0.401. The summed E-state index contributed by atoms with van der Waals surface area (Å²) in [6.07, 6.45) is 1.74. The molecule has 0 aliphatic rings. The van der Waals surface area contributed by atoms with Crippen molar-refractivity contribution in [1.82, 2.24) is 20.5 Å². The number of pyridine rings is 1. The second-order valence-electron chi connectivity index (χ2n) is 6.41. The minimum atomic E-state index is -0.280. The topological polar surface area (TPSA) is 113 Å². The highest BCUT2D eigenvalue weighted by Gasteiger charge is 2.03. The Morgan fingerprint density at radius 3 is 2.43 bits per heavy atom. The number of carbonyl (C=O) groups is 1. The van der Waals surface area contributed by atoms with Crippen LogP contribution in [0.3, 0.4) is 0 Å². The molecule has 0 spiro atoms. The zero-order valence-corrected chi connectivity index (χ0v) is 17.0. The molecule has 0 aliphatic carbocycles. The molecule has 156 valence electrons. The Kier molecular flexibility index (Phi) is 7.37. The van der Waals surface area contributed by atoms with Crippen LogP contribution in [0.15, 0.2) is 54.7 Å². The molecular weight excluding hydrogens is 382 g/mol. The van der Waals surface area contributed by atoms with Gasteiger partial charge >= 0.3 is 6.03 Å². The molecule has 0 saturated heterocycles. The van der Waals surface area contributed by atoms with Crippen LogP contribution in [-0.2, 0) is 0 Å². The van der Waals surface area contributed by atoms with Crippen molar-refractivity contribution in [2.45, 2.75) is 13.8 Å². The van der Waals surface area contributed by atoms with Gasteiger partial charge in [0.25, 0.3) is 0 Å². The number of hydrogen-bond acceptors (Lipinski definition) is 7. The Hall–Kier alpha value is -3.88. The van der Waals surface area contributed by atoms with Gasteiger partial charge in [-0.1, -0.05) is 0 Å². The molecule has 0 fully saturated rings. The number of carbonyl (C=O) groups excluding carboxylic acids is 1. The summed E-state index contributed by atoms with van der Waals surface area (Å²) >= 11 is 0. The number of nitrogens with zero attached hydrogens (tertiary/aromatic N) is 3. The van der Waals surface area contributed by atoms with E-state index in [0.717, 1.165) is 11.3 Å². The van der Waals surface area contributed by atoms with Crippen molar-refractivity contribution in [3.63, 3.8) is 0 Å². The van der Waals surface area contributed by atoms with Crippen LogP contribution in [0.2, 0.25) is 0 Å². The summed E-state index contributed by atoms with van der Waals surface area (Å²) in [5.41, 5.74) is 1.80. The zero-order valence-electron chi connectivity index (χ0n) is 17.0. The van der Waals surface area contributed by atoms with Crippen LogP contribution in [0.5, 0.6) is 5.75 Å². The fourth-order valence-electron chi connectivity index (χ4n) is 2.57. The van der Waals surface area contributed by atoms with Crippen molar-refractivity contribution in [1.29, 1.82) is 0 Å². The van der Waals surface area contributed by atoms with E-state index >= 15 is 0 Å². The third-order valence-corrected chi connectivity index (χ3v) is 3.98. The molecule has 0 radical (unpaired) electrons. The van der Waals surface area contributed by atoms with Gasteiger partial charge in [-0.2, -0.15) is 0 Å². The fraction of sp³-hybridized carbons (Fsp3) is 0.238. The first-order valence-corrected chi connectivity index (χ1v) is 9.67. The highest BCUT2D eigenvalue weighted by Crippen LogP contribution is 2.15. The lowest BCUT2D eigenvalue weighted by atomic mass is 10.3. The Balaban J connectivity index is 1.37. The lowest BCUT2D eigenvalue weighted by Crippen LogP contribution is -2.32. The highest BCUT2D eigenvalue weighted by molar-refractivity contribution is 5.89. The number of aryl methyl sites for hydroxylation is 1. The first kappa shape index (κ1) is 20.8. The van der Waals surface area contributed by atoms with Crippen LogP contribution < -0.4 is 26.0 Å². The number of urea groups is 1. The van der Waals surface area contributed by atoms with Gasteiger partial charge in [0, 0.05) is 25.0 Å². The zero-order chi connectivity index (χ0) is 21.2. The Labute approximate surface area is 175 Å². The Morgan fingerprint density at radius 1 is 0.967 bits per heavy atom. The number of anilines is 4. The van der Waals surface area contributed by atoms with Crippen molar-refractivity contribution in [2.75, 3.05) is 35.6 Å². The van der Waals surface area contributed by atoms with Gasteiger partial charge in [0.1, 0.15) is 17.4 Å². The standard InChI is InChI=1S/C21H25N7O2/c1-3-30-17-6-4-16(5-7-17)25-21(29)24-13-12-23-18-8-9-19(28-27-18)26-20-14-15(2)10-11-22-20/h4-11,14H,3,12-13H2,1-2H3,(H,23,27)(H,22,26,28)(H2,24,25,29). The maximum atomic E-state index is 12.0. The number of ether oxygens (including phenoxy) is 1. The Bertz CT molecular complexity index is 946. The molecule has 0 aliphatic heterocycles. The first-order valence-electron chi connectivity index (χ1n) is 9.67. The van der Waals surface area contributed by atoms with Gasteiger partial charge in [-0.25, -0.2) is 9.78 Å². The number of benzene rings is 1. The summed E-state index contributed by atoms with van der Waals surface area (Å²) in [7, 11) is 0. The molecule has 2 aromatic heterocycles. The van der Waals surface area contributed by atoms with Crippen LogP contribution in [0.25, 0.3) is 0 Å². The molecule has 0 unspecified atom stereocenters. The second kappa shape index (κ2) is 10.6. The molecule has 9 heteroatoms. The molecule has 4 N–H and O–H groups in total. The van der Waals surface area contributed by atoms with Crippen LogP contribution in [0.1, 0.15) is 12.5 Å². The van der Waals surface area contributed by atoms with Crippen LogP contribution in [0.4, 0.5) is 27.9 Å². The van der Waals surface area contributed by atoms with Gasteiger partial charge in [0.2, 0.25) is 0 Å². The van der Waals surface area contributed by atoms with Crippen molar-refractivity contribution >= 4 is 29.2 Å². The number of aromatic nitrogens is 3. The van der Waals surface area contributed by atoms with Gasteiger partial charge < -0.3 is 26.0 Å². The predicted octanol–water partition coefficient (Wildman–Crippen LogP) is 3.56. The predicted molar refractivity (Wildman–Crippen MR) is 117 cm³/mol. The summed E-state index contributed by atoms with van der Waals surface area (Å²) in [5.74, 6) is 2.70. The van der Waals surface area contributed by atoms with Crippen LogP contribution >= 0.6 is 0 Å². The molecule has 0 bridgehead atoms. The van der Waals surface area contributed by atoms with Gasteiger partial charge in [-0.05, 0) is 67.9 Å². The minimum Gasteiger partial charge on any atom is -0.494 e. The van der Waals surface area contributed by atoms with E-state index in [9.17, 15) is 4.79 Å². The van der Waals surface area contributed by atoms with E-state index in [4.69, 9.17) is 4.74 Å². The molecule has 2 amide bonds. The molecule has 9 nitrogen and oxygen atoms in total. The normalized spacial score (nSPS) is 10.2. The largest absolute Gasteiger partial charge is 0.494 e. The van der Waals surface area contributed by atoms with Crippen molar-refractivity contribution in [3.05, 3.63) is 60.3 Å². The highest BCUT2D eigenvalue weighted by atomic mass is 16.5. The van der Waals surface area contributed by atoms with E-state index in [1.54, 1.807) is 18.3 Å². The maximum absolute atomic E-state index is 12.0. The molecular formula is C21H25N7O2. The summed E-state index contributed by atoms with van der Waals surface area (Å²) in [5, 5.41) is 20.0. The van der Waals surface area contributed by atoms with Gasteiger partial charge in [0.15, 0.2) is 5.82 Å². The van der Waals surface area contributed by atoms with Crippen molar-refractivity contribution in [3.8, 4) is 5.75 Å². The SMILES string of the molecule is CCOc1ccc(NC(=O)NCCNc2ccc(Nc3cc(C)ccn3)nn2)cc1. The minimum absolute atomic E-state index is 0.280. The first-order chi connectivity index (χ1) is 14.6. The molecule has 1 aromatic carbocycles. The number of amides is 2. The number of hydrogen-bond donors (Lipinski definition) is 4. The molecule has 3 rings (SSSR count). The molecule has 3 aromatic rings. The third kappa shape index (κ3) is 6.62. The maximum Gasteiger partial charge on any atom is 0.319 e. The Morgan fingerprint density at radius 2 is 1.73 bits per heavy atom. The van der Waals surface area contributed by atoms with E-state index in [2.05, 4.69) is 36.4 Å². The van der Waals surface area contributed by atoms with Crippen molar-refractivity contribution < 1.29 is 9.53 Å². The van der Waals surface area contributed by atoms with Crippen LogP contribution in [0, 0.1) is 6.92 Å². The summed E-state index contributed by atoms with van der Waals surface area (Å²) in [4.78, 5) is 16.2. The van der Waals surface area contributed by atoms with Gasteiger partial charge in [0.05, 0.1) is 6.61 Å². The molecule has 0 saturated carbocycles. The van der Waals surface area contributed by atoms with Gasteiger partial charge in [-0.15, -0.1) is 10.2 Å². The van der Waals surface area contributed by atoms with E-state index in [1.165, 1.54) is 0 Å². The summed E-state index contributed by atoms with van der Waals surface area (Å²) in [6.45, 7) is 5.47. The molecule has 30 heavy (non-hydrogen) atoms. The summed E-state index contributed by atoms with van der Waals surface area (Å²) < 4.78 is 5.37. The third-order valence-electron chi connectivity index (χ3n) is 3.98. The van der Waals surface area contributed by atoms with Crippen molar-refractivity contribution in [2.24, 2.45) is 0 Å². The number of rotatable bonds is 9. The lowest BCUT2D eigenvalue weighted by Gasteiger charge is -2.10.